The van der Waals surface area contributed by atoms with Crippen molar-refractivity contribution in [2.75, 3.05) is 24.4 Å². The van der Waals surface area contributed by atoms with E-state index in [1.165, 1.54) is 4.31 Å². The van der Waals surface area contributed by atoms with Gasteiger partial charge in [0.15, 0.2) is 0 Å². The molecular formula is C13H22N4O2S. The summed E-state index contributed by atoms with van der Waals surface area (Å²) in [7, 11) is -3.55. The zero-order valence-corrected chi connectivity index (χ0v) is 12.8. The number of pyridine rings is 1. The van der Waals surface area contributed by atoms with Gasteiger partial charge in [-0.1, -0.05) is 0 Å². The zero-order chi connectivity index (χ0) is 14.8. The van der Waals surface area contributed by atoms with Gasteiger partial charge in [0.25, 0.3) is 0 Å². The molecule has 1 aliphatic heterocycles. The maximum Gasteiger partial charge on any atom is 0.302 e. The van der Waals surface area contributed by atoms with Gasteiger partial charge in [-0.2, -0.15) is 12.7 Å². The first kappa shape index (κ1) is 15.2. The molecule has 1 saturated heterocycles. The fourth-order valence-electron chi connectivity index (χ4n) is 2.53. The van der Waals surface area contributed by atoms with Gasteiger partial charge in [-0.05, 0) is 56.8 Å². The van der Waals surface area contributed by atoms with Crippen molar-refractivity contribution in [1.82, 2.24) is 9.29 Å². The van der Waals surface area contributed by atoms with Gasteiger partial charge in [-0.15, -0.1) is 0 Å². The van der Waals surface area contributed by atoms with Crippen LogP contribution >= 0.6 is 0 Å². The van der Waals surface area contributed by atoms with Crippen LogP contribution in [0.3, 0.4) is 0 Å². The summed E-state index contributed by atoms with van der Waals surface area (Å²) in [5, 5.41) is 0. The Morgan fingerprint density at radius 3 is 2.85 bits per heavy atom. The normalized spacial score (nSPS) is 20.9. The van der Waals surface area contributed by atoms with Crippen LogP contribution in [0.1, 0.15) is 24.1 Å². The lowest BCUT2D eigenvalue weighted by atomic mass is 10.0. The molecule has 2 heterocycles. The molecule has 1 unspecified atom stereocenters. The van der Waals surface area contributed by atoms with Gasteiger partial charge in [-0.25, -0.2) is 4.98 Å². The highest BCUT2D eigenvalue weighted by Gasteiger charge is 2.28. The molecule has 0 radical (unpaired) electrons. The van der Waals surface area contributed by atoms with Gasteiger partial charge in [0.1, 0.15) is 5.82 Å². The summed E-state index contributed by atoms with van der Waals surface area (Å²) in [4.78, 5) is 4.21. The van der Waals surface area contributed by atoms with Gasteiger partial charge in [0.05, 0.1) is 0 Å². The first-order valence-electron chi connectivity index (χ1n) is 6.84. The summed E-state index contributed by atoms with van der Waals surface area (Å²) >= 11 is 0. The van der Waals surface area contributed by atoms with Crippen LogP contribution in [0.4, 0.5) is 5.82 Å². The molecule has 20 heavy (non-hydrogen) atoms. The summed E-state index contributed by atoms with van der Waals surface area (Å²) in [6, 6.07) is 3.64. The molecule has 0 spiro atoms. The third-order valence-corrected chi connectivity index (χ3v) is 4.96. The van der Waals surface area contributed by atoms with Crippen LogP contribution in [0, 0.1) is 19.8 Å². The number of nitrogens with one attached hydrogen (secondary N) is 1. The molecule has 0 amide bonds. The van der Waals surface area contributed by atoms with E-state index in [1.54, 1.807) is 6.07 Å². The second-order valence-electron chi connectivity index (χ2n) is 5.38. The van der Waals surface area contributed by atoms with Gasteiger partial charge < -0.3 is 5.73 Å². The highest BCUT2D eigenvalue weighted by atomic mass is 32.2. The third kappa shape index (κ3) is 3.68. The average Bonchev–Trinajstić information content (AvgIpc) is 2.37. The van der Waals surface area contributed by atoms with Gasteiger partial charge >= 0.3 is 10.2 Å². The number of piperidine rings is 1. The Balaban J connectivity index is 2.14. The van der Waals surface area contributed by atoms with E-state index in [2.05, 4.69) is 9.71 Å². The summed E-state index contributed by atoms with van der Waals surface area (Å²) in [5.74, 6) is 0.616. The third-order valence-electron chi connectivity index (χ3n) is 3.49. The van der Waals surface area contributed by atoms with Crippen LogP contribution < -0.4 is 10.5 Å². The van der Waals surface area contributed by atoms with E-state index >= 15 is 0 Å². The van der Waals surface area contributed by atoms with Crippen LogP contribution in [0.15, 0.2) is 12.1 Å². The van der Waals surface area contributed by atoms with E-state index in [0.717, 1.165) is 24.1 Å². The Hall–Kier alpha value is -1.18. The van der Waals surface area contributed by atoms with Crippen molar-refractivity contribution in [1.29, 1.82) is 0 Å². The summed E-state index contributed by atoms with van der Waals surface area (Å²) in [6.45, 7) is 5.30. The lowest BCUT2D eigenvalue weighted by molar-refractivity contribution is 0.273. The van der Waals surface area contributed by atoms with E-state index in [0.29, 0.717) is 25.5 Å². The van der Waals surface area contributed by atoms with Crippen LogP contribution in [0.25, 0.3) is 0 Å². The zero-order valence-electron chi connectivity index (χ0n) is 12.0. The maximum atomic E-state index is 12.4. The van der Waals surface area contributed by atoms with E-state index in [1.807, 2.05) is 19.9 Å². The second kappa shape index (κ2) is 6.07. The smallest absolute Gasteiger partial charge is 0.302 e. The molecule has 0 saturated carbocycles. The van der Waals surface area contributed by atoms with Crippen molar-refractivity contribution in [3.8, 4) is 0 Å². The van der Waals surface area contributed by atoms with Crippen molar-refractivity contribution < 1.29 is 8.42 Å². The first-order chi connectivity index (χ1) is 9.40. The number of nitrogens with zero attached hydrogens (tertiary/aromatic N) is 2. The number of hydrogen-bond acceptors (Lipinski definition) is 4. The molecule has 112 valence electrons. The lowest BCUT2D eigenvalue weighted by Crippen LogP contribution is -2.44. The molecule has 7 heteroatoms. The molecule has 0 bridgehead atoms. The Labute approximate surface area is 120 Å². The number of rotatable bonds is 4. The number of nitrogens with two attached hydrogens (primary N) is 1. The molecular weight excluding hydrogens is 276 g/mol. The SMILES string of the molecule is Cc1cc(C)nc(NS(=O)(=O)N2CCCC(CN)C2)c1. The topological polar surface area (TPSA) is 88.3 Å². The van der Waals surface area contributed by atoms with E-state index in [4.69, 9.17) is 5.73 Å². The van der Waals surface area contributed by atoms with Gasteiger partial charge in [-0.3, -0.25) is 4.72 Å². The highest BCUT2D eigenvalue weighted by molar-refractivity contribution is 7.90. The van der Waals surface area contributed by atoms with E-state index in [9.17, 15) is 8.42 Å². The molecule has 1 aliphatic rings. The summed E-state index contributed by atoms with van der Waals surface area (Å²) in [5.41, 5.74) is 7.42. The van der Waals surface area contributed by atoms with E-state index < -0.39 is 10.2 Å². The summed E-state index contributed by atoms with van der Waals surface area (Å²) in [6.07, 6.45) is 1.84. The van der Waals surface area contributed by atoms with Crippen LogP contribution in [-0.2, 0) is 10.2 Å². The number of aryl methyl sites for hydroxylation is 2. The van der Waals surface area contributed by atoms with Crippen molar-refractivity contribution in [2.45, 2.75) is 26.7 Å². The minimum absolute atomic E-state index is 0.243. The van der Waals surface area contributed by atoms with Crippen LogP contribution in [-0.4, -0.2) is 37.3 Å². The first-order valence-corrected chi connectivity index (χ1v) is 8.28. The molecule has 1 fully saturated rings. The molecule has 1 aromatic heterocycles. The fourth-order valence-corrected chi connectivity index (χ4v) is 3.80. The largest absolute Gasteiger partial charge is 0.330 e. The number of anilines is 1. The molecule has 1 atom stereocenters. The maximum absolute atomic E-state index is 12.4. The average molecular weight is 298 g/mol. The molecule has 0 aromatic carbocycles. The van der Waals surface area contributed by atoms with Crippen LogP contribution in [0.2, 0.25) is 0 Å². The minimum atomic E-state index is -3.55. The standard InChI is InChI=1S/C13H22N4O2S/c1-10-6-11(2)15-13(7-10)16-20(18,19)17-5-3-4-12(8-14)9-17/h6-7,12H,3-5,8-9,14H2,1-2H3,(H,15,16). The Morgan fingerprint density at radius 2 is 2.20 bits per heavy atom. The van der Waals surface area contributed by atoms with E-state index in [-0.39, 0.29) is 5.92 Å². The predicted molar refractivity (Wildman–Crippen MR) is 79.6 cm³/mol. The number of hydrogen-bond donors (Lipinski definition) is 2. The molecule has 2 rings (SSSR count). The van der Waals surface area contributed by atoms with Crippen LogP contribution in [0.5, 0.6) is 0 Å². The van der Waals surface area contributed by atoms with Crippen molar-refractivity contribution in [3.05, 3.63) is 23.4 Å². The quantitative estimate of drug-likeness (QED) is 0.869. The number of aromatic nitrogens is 1. The Bertz CT molecular complexity index is 553. The lowest BCUT2D eigenvalue weighted by Gasteiger charge is -2.31. The van der Waals surface area contributed by atoms with Crippen molar-refractivity contribution >= 4 is 16.0 Å². The minimum Gasteiger partial charge on any atom is -0.330 e. The molecule has 3 N–H and O–H groups in total. The molecule has 0 aliphatic carbocycles. The Morgan fingerprint density at radius 1 is 1.45 bits per heavy atom. The fraction of sp³-hybridized carbons (Fsp3) is 0.615. The second-order valence-corrected chi connectivity index (χ2v) is 7.05. The Kier molecular flexibility index (Phi) is 4.62. The molecule has 1 aromatic rings. The monoisotopic (exact) mass is 298 g/mol. The predicted octanol–water partition coefficient (Wildman–Crippen LogP) is 1.03. The highest BCUT2D eigenvalue weighted by Crippen LogP contribution is 2.20. The van der Waals surface area contributed by atoms with Crippen molar-refractivity contribution in [2.24, 2.45) is 11.7 Å². The van der Waals surface area contributed by atoms with Gasteiger partial charge in [0.2, 0.25) is 0 Å². The summed E-state index contributed by atoms with van der Waals surface area (Å²) < 4.78 is 28.8. The molecule has 6 nitrogen and oxygen atoms in total. The van der Waals surface area contributed by atoms with Crippen molar-refractivity contribution in [3.63, 3.8) is 0 Å². The van der Waals surface area contributed by atoms with Gasteiger partial charge in [0, 0.05) is 18.8 Å².